The number of carbonyl (C=O) groups excluding carboxylic acids is 2. The van der Waals surface area contributed by atoms with Crippen LogP contribution < -0.4 is 4.74 Å². The highest BCUT2D eigenvalue weighted by molar-refractivity contribution is 6.40. The van der Waals surface area contributed by atoms with Crippen LogP contribution in [-0.2, 0) is 19.1 Å². The van der Waals surface area contributed by atoms with Crippen LogP contribution in [-0.4, -0.2) is 44.7 Å². The number of hydrogen-bond acceptors (Lipinski definition) is 7. The first kappa shape index (κ1) is 16.7. The summed E-state index contributed by atoms with van der Waals surface area (Å²) in [5.74, 6) is -1.81. The molecule has 1 aromatic rings. The zero-order valence-corrected chi connectivity index (χ0v) is 13.4. The molecule has 122 valence electrons. The van der Waals surface area contributed by atoms with E-state index in [0.717, 1.165) is 5.56 Å². The molecule has 1 aliphatic heterocycles. The van der Waals surface area contributed by atoms with Crippen molar-refractivity contribution < 1.29 is 23.8 Å². The van der Waals surface area contributed by atoms with E-state index < -0.39 is 23.8 Å². The molecular formula is C16H18N2O5. The van der Waals surface area contributed by atoms with Gasteiger partial charge in [-0.15, -0.1) is 5.10 Å². The van der Waals surface area contributed by atoms with Gasteiger partial charge in [-0.1, -0.05) is 12.1 Å². The zero-order chi connectivity index (χ0) is 17.0. The number of esters is 2. The Balaban J connectivity index is 2.53. The molecule has 0 bridgehead atoms. The monoisotopic (exact) mass is 318 g/mol. The van der Waals surface area contributed by atoms with Gasteiger partial charge in [0.2, 0.25) is 0 Å². The Hall–Kier alpha value is -2.70. The third kappa shape index (κ3) is 3.23. The molecule has 0 radical (unpaired) electrons. The highest BCUT2D eigenvalue weighted by atomic mass is 16.5. The Morgan fingerprint density at radius 1 is 1.00 bits per heavy atom. The Bertz CT molecular complexity index is 664. The van der Waals surface area contributed by atoms with Crippen LogP contribution in [0, 0.1) is 5.92 Å². The maximum absolute atomic E-state index is 12.2. The molecule has 0 amide bonds. The maximum atomic E-state index is 12.2. The van der Waals surface area contributed by atoms with Gasteiger partial charge in [-0.25, -0.2) is 4.79 Å². The molecule has 0 saturated carbocycles. The number of hydrogen-bond donors (Lipinski definition) is 0. The molecule has 0 aliphatic carbocycles. The molecule has 0 fully saturated rings. The van der Waals surface area contributed by atoms with Gasteiger partial charge in [0, 0.05) is 0 Å². The number of ether oxygens (including phenoxy) is 3. The lowest BCUT2D eigenvalue weighted by molar-refractivity contribution is -0.143. The summed E-state index contributed by atoms with van der Waals surface area (Å²) >= 11 is 0. The lowest BCUT2D eigenvalue weighted by Crippen LogP contribution is -2.39. The van der Waals surface area contributed by atoms with E-state index >= 15 is 0 Å². The molecular weight excluding hydrogens is 300 g/mol. The zero-order valence-electron chi connectivity index (χ0n) is 13.4. The van der Waals surface area contributed by atoms with Crippen LogP contribution in [0.2, 0.25) is 0 Å². The van der Waals surface area contributed by atoms with Gasteiger partial charge in [-0.3, -0.25) is 4.79 Å². The van der Waals surface area contributed by atoms with Crippen LogP contribution in [0.3, 0.4) is 0 Å². The van der Waals surface area contributed by atoms with E-state index in [1.165, 1.54) is 14.2 Å². The first-order valence-electron chi connectivity index (χ1n) is 6.95. The van der Waals surface area contributed by atoms with E-state index in [0.29, 0.717) is 11.5 Å². The summed E-state index contributed by atoms with van der Waals surface area (Å²) in [6.45, 7) is 1.68. The summed E-state index contributed by atoms with van der Waals surface area (Å²) in [6, 6.07) is 7.05. The lowest BCUT2D eigenvalue weighted by atomic mass is 9.79. The van der Waals surface area contributed by atoms with Crippen molar-refractivity contribution in [3.8, 4) is 5.75 Å². The summed E-state index contributed by atoms with van der Waals surface area (Å²) in [6.07, 6.45) is 0. The SMILES string of the molecule is COC(=O)C1=NN=C(C)C(C(=O)OC)C1c1ccc(OC)cc1. The van der Waals surface area contributed by atoms with Gasteiger partial charge in [0.1, 0.15) is 11.7 Å². The van der Waals surface area contributed by atoms with Gasteiger partial charge in [-0.2, -0.15) is 5.10 Å². The summed E-state index contributed by atoms with van der Waals surface area (Å²) in [5, 5.41) is 7.86. The molecule has 23 heavy (non-hydrogen) atoms. The van der Waals surface area contributed by atoms with Gasteiger partial charge in [0.05, 0.1) is 33.0 Å². The third-order valence-electron chi connectivity index (χ3n) is 3.72. The van der Waals surface area contributed by atoms with Crippen LogP contribution in [0.15, 0.2) is 34.5 Å². The molecule has 2 rings (SSSR count). The average molecular weight is 318 g/mol. The number of methoxy groups -OCH3 is 3. The lowest BCUT2D eigenvalue weighted by Gasteiger charge is -2.27. The van der Waals surface area contributed by atoms with Crippen molar-refractivity contribution in [2.75, 3.05) is 21.3 Å². The van der Waals surface area contributed by atoms with Gasteiger partial charge in [0.25, 0.3) is 0 Å². The van der Waals surface area contributed by atoms with Crippen LogP contribution >= 0.6 is 0 Å². The maximum Gasteiger partial charge on any atom is 0.354 e. The predicted octanol–water partition coefficient (Wildman–Crippen LogP) is 1.57. The minimum Gasteiger partial charge on any atom is -0.497 e. The summed E-state index contributed by atoms with van der Waals surface area (Å²) in [7, 11) is 4.11. The van der Waals surface area contributed by atoms with E-state index in [4.69, 9.17) is 14.2 Å². The van der Waals surface area contributed by atoms with Gasteiger partial charge >= 0.3 is 11.9 Å². The van der Waals surface area contributed by atoms with Gasteiger partial charge in [-0.05, 0) is 24.6 Å². The van der Waals surface area contributed by atoms with Crippen molar-refractivity contribution in [2.24, 2.45) is 16.1 Å². The quantitative estimate of drug-likeness (QED) is 0.787. The molecule has 2 unspecified atom stereocenters. The van der Waals surface area contributed by atoms with Crippen LogP contribution in [0.25, 0.3) is 0 Å². The molecule has 0 N–H and O–H groups in total. The first-order chi connectivity index (χ1) is 11.0. The molecule has 0 aromatic heterocycles. The van der Waals surface area contributed by atoms with E-state index in [9.17, 15) is 9.59 Å². The highest BCUT2D eigenvalue weighted by Gasteiger charge is 2.42. The number of rotatable bonds is 4. The molecule has 1 aliphatic rings. The van der Waals surface area contributed by atoms with Gasteiger partial charge < -0.3 is 14.2 Å². The van der Waals surface area contributed by atoms with Gasteiger partial charge in [0.15, 0.2) is 5.71 Å². The first-order valence-corrected chi connectivity index (χ1v) is 6.95. The van der Waals surface area contributed by atoms with Crippen molar-refractivity contribution >= 4 is 23.4 Å². The molecule has 1 aromatic carbocycles. The predicted molar refractivity (Wildman–Crippen MR) is 83.8 cm³/mol. The topological polar surface area (TPSA) is 86.6 Å². The summed E-state index contributed by atoms with van der Waals surface area (Å²) < 4.78 is 14.8. The average Bonchev–Trinajstić information content (AvgIpc) is 2.60. The Morgan fingerprint density at radius 3 is 2.17 bits per heavy atom. The van der Waals surface area contributed by atoms with Crippen LogP contribution in [0.1, 0.15) is 18.4 Å². The third-order valence-corrected chi connectivity index (χ3v) is 3.72. The molecule has 0 saturated heterocycles. The Kier molecular flexibility index (Phi) is 5.10. The smallest absolute Gasteiger partial charge is 0.354 e. The molecule has 7 heteroatoms. The molecule has 1 heterocycles. The minimum absolute atomic E-state index is 0.0682. The van der Waals surface area contributed by atoms with Crippen molar-refractivity contribution in [3.63, 3.8) is 0 Å². The second kappa shape index (κ2) is 7.04. The fraction of sp³-hybridized carbons (Fsp3) is 0.375. The largest absolute Gasteiger partial charge is 0.497 e. The fourth-order valence-corrected chi connectivity index (χ4v) is 2.52. The number of benzene rings is 1. The second-order valence-electron chi connectivity index (χ2n) is 4.97. The van der Waals surface area contributed by atoms with Crippen molar-refractivity contribution in [1.82, 2.24) is 0 Å². The normalized spacial score (nSPS) is 20.2. The van der Waals surface area contributed by atoms with Crippen LogP contribution in [0.4, 0.5) is 0 Å². The highest BCUT2D eigenvalue weighted by Crippen LogP contribution is 2.33. The molecule has 7 nitrogen and oxygen atoms in total. The van der Waals surface area contributed by atoms with E-state index in [2.05, 4.69) is 10.2 Å². The minimum atomic E-state index is -0.736. The Labute approximate surface area is 133 Å². The summed E-state index contributed by atoms with van der Waals surface area (Å²) in [4.78, 5) is 24.2. The number of carbonyl (C=O) groups is 2. The fourth-order valence-electron chi connectivity index (χ4n) is 2.52. The van der Waals surface area contributed by atoms with E-state index in [-0.39, 0.29) is 5.71 Å². The summed E-state index contributed by atoms with van der Waals surface area (Å²) in [5.41, 5.74) is 1.27. The molecule has 2 atom stereocenters. The van der Waals surface area contributed by atoms with Crippen LogP contribution in [0.5, 0.6) is 5.75 Å². The second-order valence-corrected chi connectivity index (χ2v) is 4.97. The Morgan fingerprint density at radius 2 is 1.65 bits per heavy atom. The number of nitrogens with zero attached hydrogens (tertiary/aromatic N) is 2. The van der Waals surface area contributed by atoms with Crippen molar-refractivity contribution in [3.05, 3.63) is 29.8 Å². The van der Waals surface area contributed by atoms with E-state index in [1.54, 1.807) is 38.3 Å². The van der Waals surface area contributed by atoms with Crippen molar-refractivity contribution in [2.45, 2.75) is 12.8 Å². The van der Waals surface area contributed by atoms with E-state index in [1.807, 2.05) is 0 Å². The van der Waals surface area contributed by atoms with Crippen molar-refractivity contribution in [1.29, 1.82) is 0 Å². The molecule has 0 spiro atoms. The standard InChI is InChI=1S/C16H18N2O5/c1-9-12(15(19)22-3)13(14(18-17-9)16(20)23-4)10-5-7-11(21-2)8-6-10/h5-8,12-13H,1-4H3.